The van der Waals surface area contributed by atoms with Crippen LogP contribution in [0, 0.1) is 5.82 Å². The second-order valence-electron chi connectivity index (χ2n) is 10.9. The van der Waals surface area contributed by atoms with Gasteiger partial charge in [0.1, 0.15) is 5.82 Å². The predicted molar refractivity (Wildman–Crippen MR) is 154 cm³/mol. The van der Waals surface area contributed by atoms with Crippen molar-refractivity contribution in [3.8, 4) is 11.4 Å². The summed E-state index contributed by atoms with van der Waals surface area (Å²) in [6, 6.07) is 12.1. The molecule has 1 heterocycles. The Morgan fingerprint density at radius 2 is 1.90 bits per heavy atom. The number of hydrogen-bond acceptors (Lipinski definition) is 6. The molecule has 1 fully saturated rings. The van der Waals surface area contributed by atoms with Crippen LogP contribution in [0.15, 0.2) is 42.5 Å². The third-order valence-corrected chi connectivity index (χ3v) is 7.81. The first kappa shape index (κ1) is 29.6. The molecule has 10 heteroatoms. The van der Waals surface area contributed by atoms with E-state index in [1.165, 1.54) is 31.4 Å². The molecule has 2 atom stereocenters. The van der Waals surface area contributed by atoms with Crippen LogP contribution >= 0.6 is 0 Å². The van der Waals surface area contributed by atoms with Gasteiger partial charge in [-0.2, -0.15) is 0 Å². The molecule has 0 bridgehead atoms. The number of aliphatic hydroxyl groups excluding tert-OH is 1. The predicted octanol–water partition coefficient (Wildman–Crippen LogP) is 4.72. The molecule has 40 heavy (non-hydrogen) atoms. The summed E-state index contributed by atoms with van der Waals surface area (Å²) in [5.41, 5.74) is 3.62. The summed E-state index contributed by atoms with van der Waals surface area (Å²) < 4.78 is 14.8. The second-order valence-corrected chi connectivity index (χ2v) is 10.9. The van der Waals surface area contributed by atoms with Gasteiger partial charge in [0, 0.05) is 30.9 Å². The molecule has 0 radical (unpaired) electrons. The zero-order valence-electron chi connectivity index (χ0n) is 23.8. The molecule has 0 aliphatic heterocycles. The summed E-state index contributed by atoms with van der Waals surface area (Å²) in [7, 11) is 1.77. The molecule has 1 aliphatic carbocycles. The molecule has 216 valence electrons. The summed E-state index contributed by atoms with van der Waals surface area (Å²) in [5, 5.41) is 28.6. The topological polar surface area (TPSA) is 108 Å². The van der Waals surface area contributed by atoms with Gasteiger partial charge >= 0.3 is 6.03 Å². The van der Waals surface area contributed by atoms with Crippen LogP contribution in [0.5, 0.6) is 0 Å². The average Bonchev–Trinajstić information content (AvgIpc) is 3.39. The molecule has 2 amide bonds. The quantitative estimate of drug-likeness (QED) is 0.301. The summed E-state index contributed by atoms with van der Waals surface area (Å²) in [6.45, 7) is 5.22. The summed E-state index contributed by atoms with van der Waals surface area (Å²) in [4.78, 5) is 15.3. The molecule has 0 unspecified atom stereocenters. The van der Waals surface area contributed by atoms with Crippen LogP contribution in [0.2, 0.25) is 0 Å². The monoisotopic (exact) mass is 551 g/mol. The fourth-order valence-electron chi connectivity index (χ4n) is 5.45. The molecule has 3 aromatic rings. The smallest absolute Gasteiger partial charge is 0.319 e. The Balaban J connectivity index is 1.34. The lowest BCUT2D eigenvalue weighted by molar-refractivity contribution is 0.0558. The number of aromatic nitrogens is 4. The highest BCUT2D eigenvalue weighted by Gasteiger charge is 2.26. The van der Waals surface area contributed by atoms with E-state index in [1.54, 1.807) is 11.7 Å². The van der Waals surface area contributed by atoms with E-state index >= 15 is 0 Å². The van der Waals surface area contributed by atoms with Crippen molar-refractivity contribution in [1.82, 2.24) is 30.4 Å². The number of hydrogen-bond donors (Lipinski definition) is 3. The maximum Gasteiger partial charge on any atom is 0.319 e. The normalized spacial score (nSPS) is 15.7. The Labute approximate surface area is 236 Å². The maximum absolute atomic E-state index is 13.3. The van der Waals surface area contributed by atoms with E-state index < -0.39 is 12.1 Å². The number of halogens is 1. The van der Waals surface area contributed by atoms with Gasteiger partial charge < -0.3 is 15.7 Å². The third-order valence-electron chi connectivity index (χ3n) is 7.81. The number of carbonyl (C=O) groups is 1. The van der Waals surface area contributed by atoms with Gasteiger partial charge in [-0.25, -0.2) is 13.9 Å². The van der Waals surface area contributed by atoms with E-state index in [1.807, 2.05) is 44.2 Å². The van der Waals surface area contributed by atoms with Crippen LogP contribution in [0.3, 0.4) is 0 Å². The zero-order chi connectivity index (χ0) is 28.5. The number of urea groups is 1. The van der Waals surface area contributed by atoms with Crippen LogP contribution in [-0.2, 0) is 19.9 Å². The van der Waals surface area contributed by atoms with E-state index in [-0.39, 0.29) is 11.8 Å². The molecule has 1 saturated carbocycles. The van der Waals surface area contributed by atoms with Crippen LogP contribution < -0.4 is 10.6 Å². The SMILES string of the molecule is CCc1cc(NC(=O)N[C@H](C)[C@@H](O)CN(CCCc2ccc(F)cc2)C2CCCCC2)cc(-c2nnnn2C)c1. The Bertz CT molecular complexity index is 1230. The Morgan fingerprint density at radius 3 is 2.58 bits per heavy atom. The van der Waals surface area contributed by atoms with Crippen LogP contribution in [0.25, 0.3) is 11.4 Å². The minimum absolute atomic E-state index is 0.220. The Hall–Kier alpha value is -3.37. The van der Waals surface area contributed by atoms with Gasteiger partial charge in [0.05, 0.1) is 12.1 Å². The van der Waals surface area contributed by atoms with Crippen LogP contribution in [0.1, 0.15) is 63.5 Å². The van der Waals surface area contributed by atoms with E-state index in [9.17, 15) is 14.3 Å². The number of carbonyl (C=O) groups excluding carboxylic acids is 1. The number of amides is 2. The highest BCUT2D eigenvalue weighted by atomic mass is 19.1. The Kier molecular flexibility index (Phi) is 10.6. The molecular formula is C30H42FN7O2. The van der Waals surface area contributed by atoms with Gasteiger partial charge in [-0.3, -0.25) is 4.90 Å². The van der Waals surface area contributed by atoms with Gasteiger partial charge in [0.15, 0.2) is 5.82 Å². The summed E-state index contributed by atoms with van der Waals surface area (Å²) in [6.07, 6.45) is 7.78. The highest BCUT2D eigenvalue weighted by Crippen LogP contribution is 2.25. The van der Waals surface area contributed by atoms with Crippen molar-refractivity contribution in [1.29, 1.82) is 0 Å². The molecule has 3 N–H and O–H groups in total. The van der Waals surface area contributed by atoms with E-state index in [2.05, 4.69) is 31.1 Å². The first-order valence-electron chi connectivity index (χ1n) is 14.4. The van der Waals surface area contributed by atoms with Gasteiger partial charge in [0.25, 0.3) is 0 Å². The standard InChI is InChI=1S/C30H42FN7O2/c1-4-22-17-24(29-34-35-36-37(29)3)19-26(18-22)33-30(40)32-21(2)28(39)20-38(27-10-6-5-7-11-27)16-8-9-23-12-14-25(31)15-13-23/h12-15,17-19,21,27-28,39H,4-11,16,20H2,1-3H3,(H2,32,33,40)/t21-,28+/m1/s1. The van der Waals surface area contributed by atoms with Crippen molar-refractivity contribution >= 4 is 11.7 Å². The maximum atomic E-state index is 13.3. The van der Waals surface area contributed by atoms with Crippen molar-refractivity contribution in [2.45, 2.75) is 83.4 Å². The molecule has 0 spiro atoms. The molecule has 1 aromatic heterocycles. The number of aryl methyl sites for hydroxylation is 3. The molecule has 2 aromatic carbocycles. The fourth-order valence-corrected chi connectivity index (χ4v) is 5.45. The number of benzene rings is 2. The minimum Gasteiger partial charge on any atom is -0.390 e. The number of anilines is 1. The van der Waals surface area contributed by atoms with E-state index in [4.69, 9.17) is 0 Å². The average molecular weight is 552 g/mol. The number of nitrogens with one attached hydrogen (secondary N) is 2. The minimum atomic E-state index is -0.722. The van der Waals surface area contributed by atoms with Crippen molar-refractivity contribution in [2.75, 3.05) is 18.4 Å². The summed E-state index contributed by atoms with van der Waals surface area (Å²) in [5.74, 6) is 0.396. The number of aliphatic hydroxyl groups is 1. The Morgan fingerprint density at radius 1 is 1.15 bits per heavy atom. The number of tetrazole rings is 1. The van der Waals surface area contributed by atoms with Crippen molar-refractivity contribution in [3.63, 3.8) is 0 Å². The van der Waals surface area contributed by atoms with E-state index in [0.29, 0.717) is 24.1 Å². The molecule has 9 nitrogen and oxygen atoms in total. The van der Waals surface area contributed by atoms with Gasteiger partial charge in [-0.05, 0) is 97.5 Å². The van der Waals surface area contributed by atoms with Gasteiger partial charge in [-0.1, -0.05) is 38.3 Å². The van der Waals surface area contributed by atoms with Crippen LogP contribution in [-0.4, -0.2) is 67.5 Å². The molecule has 4 rings (SSSR count). The first-order chi connectivity index (χ1) is 19.3. The number of rotatable bonds is 12. The first-order valence-corrected chi connectivity index (χ1v) is 14.4. The lowest BCUT2D eigenvalue weighted by Crippen LogP contribution is -2.50. The van der Waals surface area contributed by atoms with Gasteiger partial charge in [-0.15, -0.1) is 5.10 Å². The lowest BCUT2D eigenvalue weighted by atomic mass is 9.93. The fraction of sp³-hybridized carbons (Fsp3) is 0.533. The molecule has 1 aliphatic rings. The largest absolute Gasteiger partial charge is 0.390 e. The molecular weight excluding hydrogens is 509 g/mol. The van der Waals surface area contributed by atoms with Crippen molar-refractivity contribution < 1.29 is 14.3 Å². The highest BCUT2D eigenvalue weighted by molar-refractivity contribution is 5.90. The van der Waals surface area contributed by atoms with Gasteiger partial charge in [0.2, 0.25) is 0 Å². The summed E-state index contributed by atoms with van der Waals surface area (Å²) >= 11 is 0. The van der Waals surface area contributed by atoms with Crippen LogP contribution in [0.4, 0.5) is 14.9 Å². The lowest BCUT2D eigenvalue weighted by Gasteiger charge is -2.37. The third kappa shape index (κ3) is 8.32. The van der Waals surface area contributed by atoms with Crippen molar-refractivity contribution in [3.05, 3.63) is 59.4 Å². The second kappa shape index (κ2) is 14.3. The molecule has 0 saturated heterocycles. The number of nitrogens with zero attached hydrogens (tertiary/aromatic N) is 5. The van der Waals surface area contributed by atoms with E-state index in [0.717, 1.165) is 55.3 Å². The zero-order valence-corrected chi connectivity index (χ0v) is 23.8. The van der Waals surface area contributed by atoms with Crippen molar-refractivity contribution in [2.24, 2.45) is 7.05 Å².